The number of fused-ring (bicyclic) bond motifs is 2. The summed E-state index contributed by atoms with van der Waals surface area (Å²) in [5.41, 5.74) is 2.47. The molecule has 0 N–H and O–H groups in total. The molecule has 0 saturated carbocycles. The van der Waals surface area contributed by atoms with Gasteiger partial charge in [0.25, 0.3) is 0 Å². The zero-order valence-corrected chi connectivity index (χ0v) is 16.1. The number of hydrogen-bond donors (Lipinski definition) is 0. The molecular formula is C21H24N4O3. The van der Waals surface area contributed by atoms with Gasteiger partial charge < -0.3 is 13.7 Å². The molecule has 1 saturated heterocycles. The molecule has 7 nitrogen and oxygen atoms in total. The predicted octanol–water partition coefficient (Wildman–Crippen LogP) is 2.60. The van der Waals surface area contributed by atoms with Gasteiger partial charge in [-0.15, -0.1) is 10.2 Å². The molecule has 1 aromatic carbocycles. The normalized spacial score (nSPS) is 20.4. The Kier molecular flexibility index (Phi) is 4.49. The molecule has 1 fully saturated rings. The summed E-state index contributed by atoms with van der Waals surface area (Å²) in [6, 6.07) is 5.73. The van der Waals surface area contributed by atoms with Crippen molar-refractivity contribution in [3.8, 4) is 0 Å². The van der Waals surface area contributed by atoms with Crippen molar-refractivity contribution in [1.29, 1.82) is 0 Å². The van der Waals surface area contributed by atoms with E-state index in [-0.39, 0.29) is 11.5 Å². The van der Waals surface area contributed by atoms with E-state index in [9.17, 15) is 4.79 Å². The summed E-state index contributed by atoms with van der Waals surface area (Å²) in [6.07, 6.45) is 4.60. The van der Waals surface area contributed by atoms with Crippen molar-refractivity contribution in [3.05, 3.63) is 57.5 Å². The predicted molar refractivity (Wildman–Crippen MR) is 104 cm³/mol. The fourth-order valence-electron chi connectivity index (χ4n) is 4.20. The third-order valence-electron chi connectivity index (χ3n) is 5.76. The van der Waals surface area contributed by atoms with Gasteiger partial charge in [0.15, 0.2) is 11.3 Å². The lowest BCUT2D eigenvalue weighted by Crippen LogP contribution is -2.29. The van der Waals surface area contributed by atoms with E-state index in [2.05, 4.69) is 19.7 Å². The molecule has 7 heteroatoms. The molecule has 0 unspecified atom stereocenters. The minimum atomic E-state index is 0.0636. The highest BCUT2D eigenvalue weighted by Crippen LogP contribution is 2.28. The topological polar surface area (TPSA) is 73.4 Å². The lowest BCUT2D eigenvalue weighted by molar-refractivity contribution is 0.101. The Bertz CT molecular complexity index is 1070. The van der Waals surface area contributed by atoms with Crippen molar-refractivity contribution < 1.29 is 9.15 Å². The van der Waals surface area contributed by atoms with Crippen molar-refractivity contribution in [2.45, 2.75) is 45.4 Å². The molecule has 2 aromatic heterocycles. The minimum absolute atomic E-state index is 0.0636. The van der Waals surface area contributed by atoms with Gasteiger partial charge in [-0.05, 0) is 31.9 Å². The lowest BCUT2D eigenvalue weighted by Gasteiger charge is -2.19. The van der Waals surface area contributed by atoms with E-state index in [1.165, 1.54) is 0 Å². The summed E-state index contributed by atoms with van der Waals surface area (Å²) in [5, 5.41) is 9.45. The van der Waals surface area contributed by atoms with Crippen LogP contribution in [-0.2, 0) is 24.2 Å². The van der Waals surface area contributed by atoms with Crippen LogP contribution in [0, 0.1) is 6.92 Å². The van der Waals surface area contributed by atoms with Gasteiger partial charge in [0, 0.05) is 44.8 Å². The Hall–Kier alpha value is -2.51. The van der Waals surface area contributed by atoms with Crippen LogP contribution in [0.5, 0.6) is 0 Å². The van der Waals surface area contributed by atoms with Crippen molar-refractivity contribution in [2.24, 2.45) is 0 Å². The molecule has 146 valence electrons. The van der Waals surface area contributed by atoms with Gasteiger partial charge in [-0.25, -0.2) is 0 Å². The SMILES string of the molecule is Cc1ccc2occ(CN3CCc4nnc([C@H]5CCCO5)n4CC3)c(=O)c2c1. The first-order chi connectivity index (χ1) is 13.7. The summed E-state index contributed by atoms with van der Waals surface area (Å²) in [5.74, 6) is 1.96. The van der Waals surface area contributed by atoms with E-state index in [0.29, 0.717) is 23.1 Å². The van der Waals surface area contributed by atoms with Gasteiger partial charge in [-0.3, -0.25) is 9.69 Å². The highest BCUT2D eigenvalue weighted by molar-refractivity contribution is 5.77. The number of aryl methyl sites for hydroxylation is 1. The molecule has 3 aromatic rings. The van der Waals surface area contributed by atoms with Crippen molar-refractivity contribution >= 4 is 11.0 Å². The lowest BCUT2D eigenvalue weighted by atomic mass is 10.1. The number of rotatable bonds is 3. The standard InChI is InChI=1S/C21H24N4O3/c1-14-4-5-17-16(11-14)20(26)15(13-28-17)12-24-7-6-19-22-23-21(25(19)9-8-24)18-3-2-10-27-18/h4-5,11,13,18H,2-3,6-10,12H2,1H3/t18-/m1/s1. The molecule has 5 rings (SSSR count). The molecule has 2 aliphatic heterocycles. The third-order valence-corrected chi connectivity index (χ3v) is 5.76. The Labute approximate surface area is 162 Å². The second kappa shape index (κ2) is 7.14. The van der Waals surface area contributed by atoms with Crippen LogP contribution in [0.25, 0.3) is 11.0 Å². The van der Waals surface area contributed by atoms with Crippen LogP contribution in [-0.4, -0.2) is 39.4 Å². The molecular weight excluding hydrogens is 356 g/mol. The monoisotopic (exact) mass is 380 g/mol. The van der Waals surface area contributed by atoms with E-state index >= 15 is 0 Å². The first-order valence-electron chi connectivity index (χ1n) is 9.96. The molecule has 0 spiro atoms. The number of nitrogens with zero attached hydrogens (tertiary/aromatic N) is 4. The van der Waals surface area contributed by atoms with Crippen molar-refractivity contribution in [3.63, 3.8) is 0 Å². The van der Waals surface area contributed by atoms with E-state index in [1.54, 1.807) is 6.26 Å². The summed E-state index contributed by atoms with van der Waals surface area (Å²) < 4.78 is 13.7. The van der Waals surface area contributed by atoms with Gasteiger partial charge in [-0.2, -0.15) is 0 Å². The molecule has 0 amide bonds. The molecule has 2 aliphatic rings. The van der Waals surface area contributed by atoms with Crippen LogP contribution in [0.2, 0.25) is 0 Å². The Morgan fingerprint density at radius 3 is 3.00 bits per heavy atom. The molecule has 28 heavy (non-hydrogen) atoms. The van der Waals surface area contributed by atoms with E-state index < -0.39 is 0 Å². The number of hydrogen-bond acceptors (Lipinski definition) is 6. The van der Waals surface area contributed by atoms with E-state index in [4.69, 9.17) is 9.15 Å². The van der Waals surface area contributed by atoms with Crippen molar-refractivity contribution in [2.75, 3.05) is 19.7 Å². The third kappa shape index (κ3) is 3.14. The van der Waals surface area contributed by atoms with Gasteiger partial charge in [0.2, 0.25) is 0 Å². The Morgan fingerprint density at radius 1 is 1.21 bits per heavy atom. The van der Waals surface area contributed by atoms with E-state index in [1.807, 2.05) is 25.1 Å². The Balaban J connectivity index is 1.35. The van der Waals surface area contributed by atoms with Gasteiger partial charge in [-0.1, -0.05) is 11.6 Å². The first-order valence-corrected chi connectivity index (χ1v) is 9.96. The second-order valence-electron chi connectivity index (χ2n) is 7.74. The quantitative estimate of drug-likeness (QED) is 0.695. The van der Waals surface area contributed by atoms with Crippen molar-refractivity contribution in [1.82, 2.24) is 19.7 Å². The fourth-order valence-corrected chi connectivity index (χ4v) is 4.20. The number of benzene rings is 1. The molecule has 1 atom stereocenters. The van der Waals surface area contributed by atoms with Crippen LogP contribution < -0.4 is 5.43 Å². The average molecular weight is 380 g/mol. The van der Waals surface area contributed by atoms with Gasteiger partial charge in [0.1, 0.15) is 17.5 Å². The maximum Gasteiger partial charge on any atom is 0.197 e. The van der Waals surface area contributed by atoms with Crippen LogP contribution in [0.15, 0.2) is 33.7 Å². The summed E-state index contributed by atoms with van der Waals surface area (Å²) in [4.78, 5) is 15.2. The Morgan fingerprint density at radius 2 is 2.14 bits per heavy atom. The summed E-state index contributed by atoms with van der Waals surface area (Å²) >= 11 is 0. The first kappa shape index (κ1) is 17.6. The average Bonchev–Trinajstić information content (AvgIpc) is 3.32. The van der Waals surface area contributed by atoms with Crippen LogP contribution in [0.1, 0.15) is 41.7 Å². The fraction of sp³-hybridized carbons (Fsp3) is 0.476. The number of ether oxygens (including phenoxy) is 1. The van der Waals surface area contributed by atoms with Crippen LogP contribution >= 0.6 is 0 Å². The zero-order valence-electron chi connectivity index (χ0n) is 16.1. The highest BCUT2D eigenvalue weighted by atomic mass is 16.5. The highest BCUT2D eigenvalue weighted by Gasteiger charge is 2.27. The van der Waals surface area contributed by atoms with Gasteiger partial charge in [0.05, 0.1) is 11.6 Å². The van der Waals surface area contributed by atoms with Crippen LogP contribution in [0.3, 0.4) is 0 Å². The molecule has 0 radical (unpaired) electrons. The maximum absolute atomic E-state index is 12.9. The largest absolute Gasteiger partial charge is 0.464 e. The van der Waals surface area contributed by atoms with Crippen LogP contribution in [0.4, 0.5) is 0 Å². The summed E-state index contributed by atoms with van der Waals surface area (Å²) in [7, 11) is 0. The molecule has 0 bridgehead atoms. The molecule has 4 heterocycles. The van der Waals surface area contributed by atoms with E-state index in [0.717, 1.165) is 62.7 Å². The molecule has 0 aliphatic carbocycles. The number of aromatic nitrogens is 3. The zero-order chi connectivity index (χ0) is 19.1. The summed E-state index contributed by atoms with van der Waals surface area (Å²) in [6.45, 7) is 5.87. The second-order valence-corrected chi connectivity index (χ2v) is 7.74. The minimum Gasteiger partial charge on any atom is -0.464 e. The van der Waals surface area contributed by atoms with Gasteiger partial charge >= 0.3 is 0 Å². The maximum atomic E-state index is 12.9. The smallest absolute Gasteiger partial charge is 0.197 e.